The molecule has 0 radical (unpaired) electrons. The van der Waals surface area contributed by atoms with E-state index in [4.69, 9.17) is 0 Å². The van der Waals surface area contributed by atoms with Gasteiger partial charge in [0.25, 0.3) is 13.4 Å². The van der Waals surface area contributed by atoms with Crippen molar-refractivity contribution in [2.75, 3.05) is 6.61 Å². The summed E-state index contributed by atoms with van der Waals surface area (Å²) in [7, 11) is -4.52. The van der Waals surface area contributed by atoms with Gasteiger partial charge in [0.1, 0.15) is 18.3 Å². The fraction of sp³-hybridized carbons (Fsp3) is 0.412. The molecule has 3 aliphatic rings. The van der Waals surface area contributed by atoms with Crippen molar-refractivity contribution in [2.45, 2.75) is 38.7 Å². The van der Waals surface area contributed by atoms with Gasteiger partial charge in [-0.25, -0.2) is 9.78 Å². The molecule has 13 heteroatoms. The maximum Gasteiger partial charge on any atom is 0.349 e. The normalized spacial score (nSPS) is 23.8. The first-order valence-corrected chi connectivity index (χ1v) is 10.4. The highest BCUT2D eigenvalue weighted by Crippen LogP contribution is 2.46. The first-order chi connectivity index (χ1) is 14.1. The van der Waals surface area contributed by atoms with Crippen molar-refractivity contribution >= 4 is 18.9 Å². The molecular weight excluding hydrogens is 419 g/mol. The van der Waals surface area contributed by atoms with Gasteiger partial charge in [-0.3, -0.25) is 14.3 Å². The van der Waals surface area contributed by atoms with E-state index in [0.717, 1.165) is 11.1 Å². The van der Waals surface area contributed by atoms with Crippen molar-refractivity contribution in [3.8, 4) is 11.5 Å². The number of phosphoric ester groups is 1. The molecule has 4 atom stereocenters. The number of benzene rings is 1. The van der Waals surface area contributed by atoms with Gasteiger partial charge >= 0.3 is 5.69 Å². The van der Waals surface area contributed by atoms with Gasteiger partial charge < -0.3 is 28.7 Å². The molecule has 3 aliphatic heterocycles. The standard InChI is InChI=1S/C17H19N4O8P/c1-7-3-9-10(4-8(7)2)21(15-13(18-9)16(24)20-17(25)19-15)5-11(22)14(23)12-6-28-30(26,27)29-12/h3-4,11-12,14,22-23H,5-6H2,1-2H3,(H,26,27)(H,20,24,25)/p-1/t11-,12+,14-/m0/s1. The Morgan fingerprint density at radius 3 is 2.67 bits per heavy atom. The number of aliphatic hydroxyl groups is 2. The number of aliphatic hydroxyl groups excluding tert-OH is 2. The SMILES string of the molecule is Cc1cc2nc3c(=O)[nH]c(=O)nc-3n(C[C@H](O)[C@H](O)[C@H]3COP(=O)([O-])O3)c2cc1C. The van der Waals surface area contributed by atoms with Crippen LogP contribution < -0.4 is 16.1 Å². The number of nitrogens with zero attached hydrogens (tertiary/aromatic N) is 3. The minimum absolute atomic E-state index is 0.0798. The van der Waals surface area contributed by atoms with Gasteiger partial charge in [0.2, 0.25) is 0 Å². The third-order valence-electron chi connectivity index (χ3n) is 5.03. The molecule has 1 saturated heterocycles. The lowest BCUT2D eigenvalue weighted by Gasteiger charge is -2.25. The molecule has 0 aromatic heterocycles. The van der Waals surface area contributed by atoms with Crippen molar-refractivity contribution < 1.29 is 28.7 Å². The van der Waals surface area contributed by atoms with Gasteiger partial charge in [-0.1, -0.05) is 0 Å². The first kappa shape index (κ1) is 20.8. The van der Waals surface area contributed by atoms with Crippen LogP contribution in [-0.4, -0.2) is 54.7 Å². The van der Waals surface area contributed by atoms with Crippen molar-refractivity contribution in [1.29, 1.82) is 0 Å². The number of aryl methyl sites for hydroxylation is 2. The Morgan fingerprint density at radius 2 is 2.00 bits per heavy atom. The Balaban J connectivity index is 1.83. The summed E-state index contributed by atoms with van der Waals surface area (Å²) in [4.78, 5) is 45.5. The van der Waals surface area contributed by atoms with Crippen molar-refractivity contribution in [1.82, 2.24) is 19.5 Å². The lowest BCUT2D eigenvalue weighted by Crippen LogP contribution is -2.41. The molecule has 1 unspecified atom stereocenters. The van der Waals surface area contributed by atoms with Gasteiger partial charge in [0, 0.05) is 0 Å². The molecule has 3 N–H and O–H groups in total. The molecule has 1 aromatic carbocycles. The highest BCUT2D eigenvalue weighted by molar-refractivity contribution is 7.46. The maximum atomic E-state index is 12.3. The molecule has 1 fully saturated rings. The van der Waals surface area contributed by atoms with E-state index < -0.39 is 44.0 Å². The first-order valence-electron chi connectivity index (χ1n) is 8.98. The highest BCUT2D eigenvalue weighted by Gasteiger charge is 2.37. The summed E-state index contributed by atoms with van der Waals surface area (Å²) in [6.45, 7) is 2.96. The lowest BCUT2D eigenvalue weighted by molar-refractivity contribution is -0.216. The second-order valence-corrected chi connectivity index (χ2v) is 8.50. The fourth-order valence-electron chi connectivity index (χ4n) is 3.33. The molecule has 12 nitrogen and oxygen atoms in total. The molecule has 0 aliphatic carbocycles. The molecule has 0 amide bonds. The lowest BCUT2D eigenvalue weighted by atomic mass is 10.1. The van der Waals surface area contributed by atoms with Crippen LogP contribution in [0.3, 0.4) is 0 Å². The van der Waals surface area contributed by atoms with Crippen LogP contribution in [0.5, 0.6) is 0 Å². The Bertz CT molecular complexity index is 1270. The number of rotatable bonds is 4. The van der Waals surface area contributed by atoms with Gasteiger partial charge in [0.05, 0.1) is 24.2 Å². The summed E-state index contributed by atoms with van der Waals surface area (Å²) in [5, 5.41) is 20.9. The number of fused-ring (bicyclic) bond motifs is 2. The molecular formula is C17H18N4O8P-. The Kier molecular flexibility index (Phi) is 5.09. The average Bonchev–Trinajstić information content (AvgIpc) is 3.03. The van der Waals surface area contributed by atoms with E-state index in [1.54, 1.807) is 12.1 Å². The zero-order chi connectivity index (χ0) is 21.8. The Hall–Kier alpha value is -2.47. The molecule has 0 spiro atoms. The Labute approximate surface area is 168 Å². The van der Waals surface area contributed by atoms with Gasteiger partial charge in [0.15, 0.2) is 11.5 Å². The summed E-state index contributed by atoms with van der Waals surface area (Å²) in [6, 6.07) is 3.50. The van der Waals surface area contributed by atoms with Crippen LogP contribution in [0.2, 0.25) is 0 Å². The molecule has 4 rings (SSSR count). The van der Waals surface area contributed by atoms with Gasteiger partial charge in [-0.2, -0.15) is 4.98 Å². The molecule has 3 heterocycles. The van der Waals surface area contributed by atoms with Crippen molar-refractivity contribution in [2.24, 2.45) is 0 Å². The summed E-state index contributed by atoms with van der Waals surface area (Å²) in [5.41, 5.74) is 0.940. The second kappa shape index (κ2) is 7.34. The summed E-state index contributed by atoms with van der Waals surface area (Å²) in [5.74, 6) is -0.0798. The van der Waals surface area contributed by atoms with Crippen molar-refractivity contribution in [3.63, 3.8) is 0 Å². The number of aromatic amines is 1. The van der Waals surface area contributed by atoms with Crippen LogP contribution in [0.25, 0.3) is 22.6 Å². The summed E-state index contributed by atoms with van der Waals surface area (Å²) < 4.78 is 21.8. The number of aromatic nitrogens is 4. The highest BCUT2D eigenvalue weighted by atomic mass is 31.2. The van der Waals surface area contributed by atoms with E-state index in [-0.39, 0.29) is 18.1 Å². The zero-order valence-electron chi connectivity index (χ0n) is 15.9. The van der Waals surface area contributed by atoms with E-state index in [1.165, 1.54) is 4.57 Å². The molecule has 0 bridgehead atoms. The predicted octanol–water partition coefficient (Wildman–Crippen LogP) is -1.19. The van der Waals surface area contributed by atoms with Gasteiger partial charge in [-0.05, 0) is 37.1 Å². The van der Waals surface area contributed by atoms with Gasteiger partial charge in [-0.15, -0.1) is 0 Å². The number of nitrogens with one attached hydrogen (secondary N) is 1. The minimum Gasteiger partial charge on any atom is -0.756 e. The van der Waals surface area contributed by atoms with Crippen LogP contribution >= 0.6 is 7.82 Å². The van der Waals surface area contributed by atoms with Crippen molar-refractivity contribution in [3.05, 3.63) is 44.1 Å². The number of hydrogen-bond donors (Lipinski definition) is 3. The number of phosphoric acid groups is 1. The largest absolute Gasteiger partial charge is 0.756 e. The smallest absolute Gasteiger partial charge is 0.349 e. The second-order valence-electron chi connectivity index (χ2n) is 7.14. The fourth-order valence-corrected chi connectivity index (χ4v) is 4.24. The van der Waals surface area contributed by atoms with E-state index >= 15 is 0 Å². The monoisotopic (exact) mass is 437 g/mol. The van der Waals surface area contributed by atoms with E-state index in [0.29, 0.717) is 11.0 Å². The predicted molar refractivity (Wildman–Crippen MR) is 101 cm³/mol. The molecule has 0 saturated carbocycles. The van der Waals surface area contributed by atoms with E-state index in [1.807, 2.05) is 18.8 Å². The van der Waals surface area contributed by atoms with Crippen LogP contribution in [-0.2, 0) is 20.2 Å². The topological polar surface area (TPSA) is 180 Å². The number of H-pyrrole nitrogens is 1. The molecule has 160 valence electrons. The molecule has 1 aromatic rings. The Morgan fingerprint density at radius 1 is 1.30 bits per heavy atom. The van der Waals surface area contributed by atoms with E-state index in [9.17, 15) is 29.3 Å². The van der Waals surface area contributed by atoms with E-state index in [2.05, 4.69) is 19.0 Å². The molecule has 30 heavy (non-hydrogen) atoms. The third kappa shape index (κ3) is 3.69. The minimum atomic E-state index is -4.52. The maximum absolute atomic E-state index is 12.3. The van der Waals surface area contributed by atoms with Crippen LogP contribution in [0.1, 0.15) is 11.1 Å². The third-order valence-corrected chi connectivity index (χ3v) is 6.02. The number of hydrogen-bond acceptors (Lipinski definition) is 10. The quantitative estimate of drug-likeness (QED) is 0.332. The van der Waals surface area contributed by atoms with Crippen LogP contribution in [0.15, 0.2) is 21.7 Å². The zero-order valence-corrected chi connectivity index (χ0v) is 16.8. The van der Waals surface area contributed by atoms with Crippen LogP contribution in [0, 0.1) is 13.8 Å². The van der Waals surface area contributed by atoms with Crippen LogP contribution in [0.4, 0.5) is 0 Å². The average molecular weight is 437 g/mol. The summed E-state index contributed by atoms with van der Waals surface area (Å²) >= 11 is 0. The summed E-state index contributed by atoms with van der Waals surface area (Å²) in [6.07, 6.45) is -4.45.